The highest BCUT2D eigenvalue weighted by atomic mass is 15.3. The summed E-state index contributed by atoms with van der Waals surface area (Å²) in [5, 5.41) is 12.2. The summed E-state index contributed by atoms with van der Waals surface area (Å²) in [6.45, 7) is 10.7. The van der Waals surface area contributed by atoms with Crippen LogP contribution in [0.5, 0.6) is 0 Å². The molecule has 1 aliphatic rings. The lowest BCUT2D eigenvalue weighted by atomic mass is 9.78. The molecule has 4 heteroatoms. The van der Waals surface area contributed by atoms with Gasteiger partial charge in [-0.15, -0.1) is 10.2 Å². The normalized spacial score (nSPS) is 24.1. The van der Waals surface area contributed by atoms with Crippen LogP contribution in [0, 0.1) is 18.8 Å². The summed E-state index contributed by atoms with van der Waals surface area (Å²) >= 11 is 0. The van der Waals surface area contributed by atoms with Gasteiger partial charge in [-0.3, -0.25) is 0 Å². The summed E-state index contributed by atoms with van der Waals surface area (Å²) in [5.74, 6) is 3.67. The quantitative estimate of drug-likeness (QED) is 0.889. The van der Waals surface area contributed by atoms with Gasteiger partial charge in [0.25, 0.3) is 0 Å². The molecule has 2 rings (SSSR count). The average molecular weight is 264 g/mol. The SMILES string of the molecule is CCn1c(C)nnc1CN[C@H]1CCCC[C@@H]1C(C)C. The molecular weight excluding hydrogens is 236 g/mol. The Hall–Kier alpha value is -0.900. The van der Waals surface area contributed by atoms with E-state index < -0.39 is 0 Å². The van der Waals surface area contributed by atoms with Crippen molar-refractivity contribution >= 4 is 0 Å². The highest BCUT2D eigenvalue weighted by Gasteiger charge is 2.27. The number of nitrogens with zero attached hydrogens (tertiary/aromatic N) is 3. The molecular formula is C15H28N4. The summed E-state index contributed by atoms with van der Waals surface area (Å²) in [6.07, 6.45) is 5.43. The predicted molar refractivity (Wildman–Crippen MR) is 77.9 cm³/mol. The Labute approximate surface area is 117 Å². The molecule has 1 N–H and O–H groups in total. The van der Waals surface area contributed by atoms with Crippen LogP contribution in [0.3, 0.4) is 0 Å². The summed E-state index contributed by atoms with van der Waals surface area (Å²) in [7, 11) is 0. The van der Waals surface area contributed by atoms with Crippen molar-refractivity contribution in [3.63, 3.8) is 0 Å². The van der Waals surface area contributed by atoms with Crippen molar-refractivity contribution < 1.29 is 0 Å². The van der Waals surface area contributed by atoms with E-state index in [9.17, 15) is 0 Å². The molecule has 1 aliphatic carbocycles. The topological polar surface area (TPSA) is 42.7 Å². The summed E-state index contributed by atoms with van der Waals surface area (Å²) in [5.41, 5.74) is 0. The highest BCUT2D eigenvalue weighted by molar-refractivity contribution is 4.94. The van der Waals surface area contributed by atoms with Crippen molar-refractivity contribution in [2.75, 3.05) is 0 Å². The van der Waals surface area contributed by atoms with Crippen molar-refractivity contribution in [1.29, 1.82) is 0 Å². The number of nitrogens with one attached hydrogen (secondary N) is 1. The number of hydrogen-bond acceptors (Lipinski definition) is 3. The van der Waals surface area contributed by atoms with Gasteiger partial charge in [-0.1, -0.05) is 26.7 Å². The van der Waals surface area contributed by atoms with E-state index in [4.69, 9.17) is 0 Å². The molecule has 0 amide bonds. The Morgan fingerprint density at radius 2 is 2.00 bits per heavy atom. The van der Waals surface area contributed by atoms with Gasteiger partial charge in [0.2, 0.25) is 0 Å². The minimum atomic E-state index is 0.649. The minimum absolute atomic E-state index is 0.649. The fraction of sp³-hybridized carbons (Fsp3) is 0.867. The van der Waals surface area contributed by atoms with Gasteiger partial charge in [-0.25, -0.2) is 0 Å². The summed E-state index contributed by atoms with van der Waals surface area (Å²) in [4.78, 5) is 0. The predicted octanol–water partition coefficient (Wildman–Crippen LogP) is 2.91. The number of hydrogen-bond donors (Lipinski definition) is 1. The molecule has 108 valence electrons. The Balaban J connectivity index is 1.96. The van der Waals surface area contributed by atoms with E-state index >= 15 is 0 Å². The first kappa shape index (κ1) is 14.5. The van der Waals surface area contributed by atoms with Crippen molar-refractivity contribution in [3.05, 3.63) is 11.6 Å². The molecule has 0 spiro atoms. The van der Waals surface area contributed by atoms with E-state index in [0.29, 0.717) is 6.04 Å². The molecule has 2 atom stereocenters. The van der Waals surface area contributed by atoms with Crippen molar-refractivity contribution in [3.8, 4) is 0 Å². The Morgan fingerprint density at radius 1 is 1.26 bits per heavy atom. The second kappa shape index (κ2) is 6.51. The lowest BCUT2D eigenvalue weighted by molar-refractivity contribution is 0.203. The number of aryl methyl sites for hydroxylation is 1. The molecule has 1 fully saturated rings. The third-order valence-electron chi connectivity index (χ3n) is 4.53. The fourth-order valence-electron chi connectivity index (χ4n) is 3.40. The average Bonchev–Trinajstić information content (AvgIpc) is 2.77. The Bertz CT molecular complexity index is 397. The van der Waals surface area contributed by atoms with Gasteiger partial charge >= 0.3 is 0 Å². The third-order valence-corrected chi connectivity index (χ3v) is 4.53. The second-order valence-corrected chi connectivity index (χ2v) is 6.09. The van der Waals surface area contributed by atoms with Gasteiger partial charge in [0.15, 0.2) is 0 Å². The first-order valence-corrected chi connectivity index (χ1v) is 7.75. The number of rotatable bonds is 5. The zero-order valence-corrected chi connectivity index (χ0v) is 12.8. The van der Waals surface area contributed by atoms with Crippen molar-refractivity contribution in [2.24, 2.45) is 11.8 Å². The Morgan fingerprint density at radius 3 is 2.68 bits per heavy atom. The molecule has 1 aromatic heterocycles. The Kier molecular flexibility index (Phi) is 4.97. The van der Waals surface area contributed by atoms with E-state index in [1.165, 1.54) is 25.7 Å². The van der Waals surface area contributed by atoms with Crippen LogP contribution in [-0.2, 0) is 13.1 Å². The minimum Gasteiger partial charge on any atom is -0.314 e. The van der Waals surface area contributed by atoms with E-state index in [2.05, 4.69) is 40.9 Å². The maximum absolute atomic E-state index is 4.29. The largest absolute Gasteiger partial charge is 0.314 e. The smallest absolute Gasteiger partial charge is 0.146 e. The van der Waals surface area contributed by atoms with Gasteiger partial charge in [0, 0.05) is 12.6 Å². The van der Waals surface area contributed by atoms with Gasteiger partial charge in [-0.05, 0) is 38.5 Å². The molecule has 0 aliphatic heterocycles. The molecule has 1 saturated carbocycles. The van der Waals surface area contributed by atoms with Gasteiger partial charge in [0.1, 0.15) is 11.6 Å². The molecule has 0 aromatic carbocycles. The van der Waals surface area contributed by atoms with Crippen LogP contribution in [-0.4, -0.2) is 20.8 Å². The van der Waals surface area contributed by atoms with Crippen LogP contribution in [0.1, 0.15) is 58.1 Å². The van der Waals surface area contributed by atoms with Crippen LogP contribution >= 0.6 is 0 Å². The summed E-state index contributed by atoms with van der Waals surface area (Å²) in [6, 6.07) is 0.649. The fourth-order valence-corrected chi connectivity index (χ4v) is 3.40. The third kappa shape index (κ3) is 3.35. The van der Waals surface area contributed by atoms with Crippen LogP contribution in [0.15, 0.2) is 0 Å². The van der Waals surface area contributed by atoms with Crippen LogP contribution < -0.4 is 5.32 Å². The van der Waals surface area contributed by atoms with E-state index in [-0.39, 0.29) is 0 Å². The standard InChI is InChI=1S/C15H28N4/c1-5-19-12(4)17-18-15(19)10-16-14-9-7-6-8-13(14)11(2)3/h11,13-14,16H,5-10H2,1-4H3/t13-,14+/m1/s1. The molecule has 1 aromatic rings. The van der Waals surface area contributed by atoms with Gasteiger partial charge in [0.05, 0.1) is 6.54 Å². The van der Waals surface area contributed by atoms with E-state index in [1.54, 1.807) is 0 Å². The summed E-state index contributed by atoms with van der Waals surface area (Å²) < 4.78 is 2.19. The molecule has 0 radical (unpaired) electrons. The van der Waals surface area contributed by atoms with Crippen LogP contribution in [0.25, 0.3) is 0 Å². The first-order chi connectivity index (χ1) is 9.13. The monoisotopic (exact) mass is 264 g/mol. The van der Waals surface area contributed by atoms with Crippen LogP contribution in [0.4, 0.5) is 0 Å². The molecule has 19 heavy (non-hydrogen) atoms. The van der Waals surface area contributed by atoms with Gasteiger partial charge < -0.3 is 9.88 Å². The molecule has 0 saturated heterocycles. The lowest BCUT2D eigenvalue weighted by Gasteiger charge is -2.35. The van der Waals surface area contributed by atoms with E-state index in [1.807, 2.05) is 6.92 Å². The van der Waals surface area contributed by atoms with Gasteiger partial charge in [-0.2, -0.15) is 0 Å². The number of aromatic nitrogens is 3. The lowest BCUT2D eigenvalue weighted by Crippen LogP contribution is -2.40. The maximum Gasteiger partial charge on any atom is 0.146 e. The molecule has 4 nitrogen and oxygen atoms in total. The van der Waals surface area contributed by atoms with Crippen molar-refractivity contribution in [2.45, 2.75) is 72.5 Å². The van der Waals surface area contributed by atoms with Crippen molar-refractivity contribution in [1.82, 2.24) is 20.1 Å². The highest BCUT2D eigenvalue weighted by Crippen LogP contribution is 2.30. The zero-order chi connectivity index (χ0) is 13.8. The van der Waals surface area contributed by atoms with E-state index in [0.717, 1.165) is 36.6 Å². The zero-order valence-electron chi connectivity index (χ0n) is 12.8. The van der Waals surface area contributed by atoms with Crippen LogP contribution in [0.2, 0.25) is 0 Å². The molecule has 0 unspecified atom stereocenters. The molecule has 0 bridgehead atoms. The first-order valence-electron chi connectivity index (χ1n) is 7.75. The maximum atomic E-state index is 4.29. The second-order valence-electron chi connectivity index (χ2n) is 6.09. The molecule has 1 heterocycles.